The third-order valence-electron chi connectivity index (χ3n) is 3.60. The molecule has 7 heteroatoms. The van der Waals surface area contributed by atoms with E-state index in [0.717, 1.165) is 0 Å². The molecule has 0 atom stereocenters. The largest absolute Gasteiger partial charge is 0.422 e. The molecule has 1 amide bonds. The van der Waals surface area contributed by atoms with Gasteiger partial charge in [-0.3, -0.25) is 14.2 Å². The molecule has 0 fully saturated rings. The summed E-state index contributed by atoms with van der Waals surface area (Å²) < 4.78 is 6.53. The van der Waals surface area contributed by atoms with E-state index in [-0.39, 0.29) is 24.2 Å². The van der Waals surface area contributed by atoms with Crippen molar-refractivity contribution in [1.82, 2.24) is 14.9 Å². The number of aromatic nitrogens is 2. The smallest absolute Gasteiger partial charge is 0.349 e. The van der Waals surface area contributed by atoms with Crippen LogP contribution in [0.25, 0.3) is 11.0 Å². The highest BCUT2D eigenvalue weighted by Gasteiger charge is 2.13. The maximum absolute atomic E-state index is 12.2. The van der Waals surface area contributed by atoms with Gasteiger partial charge in [0.05, 0.1) is 6.33 Å². The lowest BCUT2D eigenvalue weighted by atomic mass is 10.2. The summed E-state index contributed by atoms with van der Waals surface area (Å²) in [6.45, 7) is 2.12. The molecule has 122 valence electrons. The lowest BCUT2D eigenvalue weighted by molar-refractivity contribution is 0.0948. The Morgan fingerprint density at radius 2 is 2.08 bits per heavy atom. The normalized spacial score (nSPS) is 10.7. The highest BCUT2D eigenvalue weighted by molar-refractivity contribution is 5.96. The van der Waals surface area contributed by atoms with E-state index in [1.165, 1.54) is 23.2 Å². The molecule has 0 aliphatic carbocycles. The Bertz CT molecular complexity index is 1020. The molecule has 0 saturated carbocycles. The molecule has 0 saturated heterocycles. The number of benzene rings is 1. The first kappa shape index (κ1) is 15.7. The Hall–Kier alpha value is -3.22. The Morgan fingerprint density at radius 3 is 2.92 bits per heavy atom. The van der Waals surface area contributed by atoms with Gasteiger partial charge >= 0.3 is 5.63 Å². The number of carbonyl (C=O) groups is 1. The lowest BCUT2D eigenvalue weighted by Gasteiger charge is -2.07. The van der Waals surface area contributed by atoms with E-state index in [4.69, 9.17) is 4.42 Å². The molecule has 2 aromatic heterocycles. The minimum Gasteiger partial charge on any atom is -0.422 e. The Morgan fingerprint density at radius 1 is 1.29 bits per heavy atom. The molecule has 3 aromatic rings. The minimum atomic E-state index is -0.694. The van der Waals surface area contributed by atoms with Crippen molar-refractivity contribution >= 4 is 16.9 Å². The molecule has 0 spiro atoms. The fraction of sp³-hybridized carbons (Fsp3) is 0.176. The number of amides is 1. The molecule has 0 bridgehead atoms. The fourth-order valence-corrected chi connectivity index (χ4v) is 2.32. The molecule has 0 aliphatic heterocycles. The summed E-state index contributed by atoms with van der Waals surface area (Å²) >= 11 is 0. The highest BCUT2D eigenvalue weighted by atomic mass is 16.4. The summed E-state index contributed by atoms with van der Waals surface area (Å²) in [5.41, 5.74) is 0.0314. The Labute approximate surface area is 136 Å². The van der Waals surface area contributed by atoms with Gasteiger partial charge in [0.1, 0.15) is 11.1 Å². The van der Waals surface area contributed by atoms with Crippen molar-refractivity contribution in [2.75, 3.05) is 6.54 Å². The van der Waals surface area contributed by atoms with Crippen LogP contribution in [0.1, 0.15) is 15.9 Å². The number of hydrogen-bond donors (Lipinski definition) is 1. The van der Waals surface area contributed by atoms with Crippen molar-refractivity contribution in [2.24, 2.45) is 0 Å². The number of fused-ring (bicyclic) bond motifs is 1. The van der Waals surface area contributed by atoms with E-state index in [2.05, 4.69) is 10.3 Å². The molecular weight excluding hydrogens is 310 g/mol. The molecule has 0 radical (unpaired) electrons. The first-order valence-corrected chi connectivity index (χ1v) is 7.38. The van der Waals surface area contributed by atoms with E-state index in [9.17, 15) is 14.4 Å². The van der Waals surface area contributed by atoms with Crippen LogP contribution in [0.4, 0.5) is 0 Å². The van der Waals surface area contributed by atoms with Crippen LogP contribution in [-0.4, -0.2) is 22.0 Å². The third-order valence-corrected chi connectivity index (χ3v) is 3.60. The Kier molecular flexibility index (Phi) is 4.24. The molecule has 1 aromatic carbocycles. The summed E-state index contributed by atoms with van der Waals surface area (Å²) in [4.78, 5) is 39.9. The van der Waals surface area contributed by atoms with Crippen LogP contribution >= 0.6 is 0 Å². The molecule has 0 unspecified atom stereocenters. The monoisotopic (exact) mass is 325 g/mol. The minimum absolute atomic E-state index is 0.0663. The van der Waals surface area contributed by atoms with Gasteiger partial charge in [0, 0.05) is 30.2 Å². The number of carbonyl (C=O) groups excluding carboxylic acids is 1. The van der Waals surface area contributed by atoms with E-state index < -0.39 is 11.5 Å². The number of hydrogen-bond acceptors (Lipinski definition) is 5. The van der Waals surface area contributed by atoms with Crippen molar-refractivity contribution in [3.8, 4) is 0 Å². The van der Waals surface area contributed by atoms with Crippen LogP contribution in [0, 0.1) is 6.92 Å². The number of rotatable bonds is 4. The van der Waals surface area contributed by atoms with Gasteiger partial charge in [-0.2, -0.15) is 0 Å². The zero-order valence-electron chi connectivity index (χ0n) is 13.0. The number of nitrogens with one attached hydrogen (secondary N) is 1. The maximum Gasteiger partial charge on any atom is 0.349 e. The summed E-state index contributed by atoms with van der Waals surface area (Å²) in [7, 11) is 0. The number of aryl methyl sites for hydroxylation is 1. The molecule has 7 nitrogen and oxygen atoms in total. The van der Waals surface area contributed by atoms with Crippen LogP contribution in [0.5, 0.6) is 0 Å². The maximum atomic E-state index is 12.2. The van der Waals surface area contributed by atoms with E-state index in [1.807, 2.05) is 0 Å². The molecule has 1 N–H and O–H groups in total. The van der Waals surface area contributed by atoms with Crippen molar-refractivity contribution in [2.45, 2.75) is 13.5 Å². The highest BCUT2D eigenvalue weighted by Crippen LogP contribution is 2.12. The Balaban J connectivity index is 1.73. The van der Waals surface area contributed by atoms with Gasteiger partial charge in [0.25, 0.3) is 11.5 Å². The zero-order chi connectivity index (χ0) is 17.1. The first-order valence-electron chi connectivity index (χ1n) is 7.38. The SMILES string of the molecule is Cc1cncn(CCNC(=O)c2cc3ccccc3oc2=O)c1=O. The van der Waals surface area contributed by atoms with E-state index in [0.29, 0.717) is 16.5 Å². The topological polar surface area (TPSA) is 94.2 Å². The molecule has 24 heavy (non-hydrogen) atoms. The van der Waals surface area contributed by atoms with Crippen molar-refractivity contribution in [3.05, 3.63) is 74.8 Å². The van der Waals surface area contributed by atoms with Gasteiger partial charge in [0.15, 0.2) is 0 Å². The predicted molar refractivity (Wildman–Crippen MR) is 88.1 cm³/mol. The second-order valence-corrected chi connectivity index (χ2v) is 5.32. The van der Waals surface area contributed by atoms with Crippen LogP contribution in [0.3, 0.4) is 0 Å². The van der Waals surface area contributed by atoms with Crippen LogP contribution in [0.15, 0.2) is 56.9 Å². The lowest BCUT2D eigenvalue weighted by Crippen LogP contribution is -2.33. The van der Waals surface area contributed by atoms with Gasteiger partial charge in [-0.05, 0) is 19.1 Å². The van der Waals surface area contributed by atoms with E-state index in [1.54, 1.807) is 31.2 Å². The average molecular weight is 325 g/mol. The van der Waals surface area contributed by atoms with E-state index >= 15 is 0 Å². The van der Waals surface area contributed by atoms with Crippen molar-refractivity contribution in [1.29, 1.82) is 0 Å². The summed E-state index contributed by atoms with van der Waals surface area (Å²) in [6, 6.07) is 8.46. The van der Waals surface area contributed by atoms with Gasteiger partial charge in [0.2, 0.25) is 0 Å². The van der Waals surface area contributed by atoms with Gasteiger partial charge < -0.3 is 9.73 Å². The quantitative estimate of drug-likeness (QED) is 0.725. The fourth-order valence-electron chi connectivity index (χ4n) is 2.32. The molecule has 0 aliphatic rings. The average Bonchev–Trinajstić information content (AvgIpc) is 2.58. The second-order valence-electron chi connectivity index (χ2n) is 5.32. The van der Waals surface area contributed by atoms with Crippen LogP contribution < -0.4 is 16.5 Å². The van der Waals surface area contributed by atoms with Crippen molar-refractivity contribution in [3.63, 3.8) is 0 Å². The van der Waals surface area contributed by atoms with Gasteiger partial charge in [-0.1, -0.05) is 18.2 Å². The van der Waals surface area contributed by atoms with Crippen molar-refractivity contribution < 1.29 is 9.21 Å². The zero-order valence-corrected chi connectivity index (χ0v) is 13.0. The van der Waals surface area contributed by atoms with Crippen LogP contribution in [0.2, 0.25) is 0 Å². The number of nitrogens with zero attached hydrogens (tertiary/aromatic N) is 2. The summed E-state index contributed by atoms with van der Waals surface area (Å²) in [5.74, 6) is -0.539. The standard InChI is InChI=1S/C17H15N3O4/c1-11-9-18-10-20(16(11)22)7-6-19-15(21)13-8-12-4-2-3-5-14(12)24-17(13)23/h2-5,8-10H,6-7H2,1H3,(H,19,21). The van der Waals surface area contributed by atoms with Gasteiger partial charge in [-0.25, -0.2) is 9.78 Å². The van der Waals surface area contributed by atoms with Gasteiger partial charge in [-0.15, -0.1) is 0 Å². The first-order chi connectivity index (χ1) is 11.6. The third kappa shape index (κ3) is 3.10. The molecule has 2 heterocycles. The molecular formula is C17H15N3O4. The number of para-hydroxylation sites is 1. The molecule has 3 rings (SSSR count). The predicted octanol–water partition coefficient (Wildman–Crippen LogP) is 1.09. The second kappa shape index (κ2) is 6.49. The summed E-state index contributed by atoms with van der Waals surface area (Å²) in [6.07, 6.45) is 2.89. The van der Waals surface area contributed by atoms with Crippen LogP contribution in [-0.2, 0) is 6.54 Å². The summed E-state index contributed by atoms with van der Waals surface area (Å²) in [5, 5.41) is 3.28.